The molecule has 2 atom stereocenters. The summed E-state index contributed by atoms with van der Waals surface area (Å²) in [5.74, 6) is 0. The van der Waals surface area contributed by atoms with Crippen LogP contribution < -0.4 is 0 Å². The Morgan fingerprint density at radius 3 is 2.55 bits per heavy atom. The highest BCUT2D eigenvalue weighted by molar-refractivity contribution is 5.88. The van der Waals surface area contributed by atoms with Gasteiger partial charge >= 0.3 is 0 Å². The zero-order valence-corrected chi connectivity index (χ0v) is 7.85. The average molecular weight is 155 g/mol. The van der Waals surface area contributed by atoms with E-state index in [0.29, 0.717) is 6.10 Å². The Balaban J connectivity index is 2.79. The van der Waals surface area contributed by atoms with Crippen LogP contribution in [0.4, 0.5) is 0 Å². The topological polar surface area (TPSA) is 21.6 Å². The molecule has 0 aromatic rings. The van der Waals surface area contributed by atoms with E-state index in [-0.39, 0.29) is 5.41 Å². The smallest absolute Gasteiger partial charge is 0.137 e. The fraction of sp³-hybridized carbons (Fsp3) is 0.889. The van der Waals surface area contributed by atoms with E-state index >= 15 is 0 Å². The van der Waals surface area contributed by atoms with Gasteiger partial charge in [0.25, 0.3) is 0 Å². The molecule has 0 fully saturated rings. The van der Waals surface area contributed by atoms with Crippen LogP contribution in [0, 0.1) is 5.41 Å². The summed E-state index contributed by atoms with van der Waals surface area (Å²) in [5, 5.41) is 4.03. The molecule has 1 aliphatic rings. The summed E-state index contributed by atoms with van der Waals surface area (Å²) in [6.45, 7) is 8.62. The Hall–Kier alpha value is -0.530. The predicted octanol–water partition coefficient (Wildman–Crippen LogP) is 2.59. The van der Waals surface area contributed by atoms with Crippen molar-refractivity contribution in [1.82, 2.24) is 0 Å². The van der Waals surface area contributed by atoms with Crippen LogP contribution in [0.15, 0.2) is 5.16 Å². The number of hydrogen-bond donors (Lipinski definition) is 0. The molecule has 0 aromatic heterocycles. The largest absolute Gasteiger partial charge is 0.392 e. The second-order valence-corrected chi connectivity index (χ2v) is 3.45. The van der Waals surface area contributed by atoms with Gasteiger partial charge in [0.2, 0.25) is 0 Å². The van der Waals surface area contributed by atoms with Crippen molar-refractivity contribution in [3.8, 4) is 0 Å². The normalized spacial score (nSPS) is 36.7. The Labute approximate surface area is 68.6 Å². The van der Waals surface area contributed by atoms with E-state index in [1.54, 1.807) is 0 Å². The van der Waals surface area contributed by atoms with E-state index in [2.05, 4.69) is 32.9 Å². The molecule has 0 bridgehead atoms. The lowest BCUT2D eigenvalue weighted by Gasteiger charge is -2.26. The van der Waals surface area contributed by atoms with Gasteiger partial charge in [0.1, 0.15) is 6.10 Å². The molecule has 2 heteroatoms. The molecule has 64 valence electrons. The second-order valence-electron chi connectivity index (χ2n) is 3.45. The maximum atomic E-state index is 5.31. The van der Waals surface area contributed by atoms with E-state index in [1.807, 2.05) is 0 Å². The molecule has 0 radical (unpaired) electrons. The van der Waals surface area contributed by atoms with Gasteiger partial charge in [-0.15, -0.1) is 0 Å². The molecule has 0 amide bonds. The minimum absolute atomic E-state index is 0.189. The monoisotopic (exact) mass is 155 g/mol. The molecule has 0 N–H and O–H groups in total. The van der Waals surface area contributed by atoms with E-state index in [4.69, 9.17) is 4.84 Å². The predicted molar refractivity (Wildman–Crippen MR) is 46.7 cm³/mol. The first-order valence-electron chi connectivity index (χ1n) is 4.36. The van der Waals surface area contributed by atoms with Crippen LogP contribution in [0.5, 0.6) is 0 Å². The van der Waals surface area contributed by atoms with Crippen molar-refractivity contribution in [3.05, 3.63) is 0 Å². The van der Waals surface area contributed by atoms with Crippen molar-refractivity contribution in [1.29, 1.82) is 0 Å². The summed E-state index contributed by atoms with van der Waals surface area (Å²) >= 11 is 0. The molecule has 0 spiro atoms. The van der Waals surface area contributed by atoms with Crippen molar-refractivity contribution < 1.29 is 4.84 Å². The van der Waals surface area contributed by atoms with Crippen LogP contribution in [-0.2, 0) is 4.84 Å². The standard InChI is InChI=1S/C9H17NO/c1-5-8-9(4,6-2)7(3)10-11-8/h8H,5-6H2,1-4H3. The van der Waals surface area contributed by atoms with Crippen molar-refractivity contribution in [3.63, 3.8) is 0 Å². The summed E-state index contributed by atoms with van der Waals surface area (Å²) in [6, 6.07) is 0. The average Bonchev–Trinajstić information content (AvgIpc) is 2.30. The van der Waals surface area contributed by atoms with Crippen LogP contribution in [-0.4, -0.2) is 11.8 Å². The van der Waals surface area contributed by atoms with E-state index in [9.17, 15) is 0 Å². The van der Waals surface area contributed by atoms with Crippen LogP contribution in [0.25, 0.3) is 0 Å². The Morgan fingerprint density at radius 2 is 2.18 bits per heavy atom. The third kappa shape index (κ3) is 1.15. The Bertz CT molecular complexity index is 176. The summed E-state index contributed by atoms with van der Waals surface area (Å²) in [6.07, 6.45) is 2.46. The molecule has 1 heterocycles. The van der Waals surface area contributed by atoms with E-state index in [0.717, 1.165) is 18.6 Å². The van der Waals surface area contributed by atoms with Gasteiger partial charge < -0.3 is 4.84 Å². The molecular weight excluding hydrogens is 138 g/mol. The van der Waals surface area contributed by atoms with Gasteiger partial charge in [-0.05, 0) is 19.8 Å². The number of rotatable bonds is 2. The highest BCUT2D eigenvalue weighted by Crippen LogP contribution is 2.36. The maximum Gasteiger partial charge on any atom is 0.137 e. The van der Waals surface area contributed by atoms with Gasteiger partial charge in [-0.1, -0.05) is 25.9 Å². The molecule has 11 heavy (non-hydrogen) atoms. The van der Waals surface area contributed by atoms with Gasteiger partial charge in [0.15, 0.2) is 0 Å². The van der Waals surface area contributed by atoms with Crippen LogP contribution >= 0.6 is 0 Å². The quantitative estimate of drug-likeness (QED) is 0.600. The number of hydrogen-bond acceptors (Lipinski definition) is 2. The van der Waals surface area contributed by atoms with Crippen LogP contribution in [0.2, 0.25) is 0 Å². The lowest BCUT2D eigenvalue weighted by atomic mass is 9.77. The Kier molecular flexibility index (Phi) is 2.21. The first-order chi connectivity index (χ1) is 5.15. The summed E-state index contributed by atoms with van der Waals surface area (Å²) in [5.41, 5.74) is 1.33. The SMILES string of the molecule is CCC1ON=C(C)C1(C)CC. The molecule has 0 aromatic carbocycles. The van der Waals surface area contributed by atoms with E-state index < -0.39 is 0 Å². The third-order valence-electron chi connectivity index (χ3n) is 2.96. The molecule has 2 unspecified atom stereocenters. The summed E-state index contributed by atoms with van der Waals surface area (Å²) in [4.78, 5) is 5.31. The van der Waals surface area contributed by atoms with Gasteiger partial charge in [-0.2, -0.15) is 0 Å². The minimum atomic E-state index is 0.189. The van der Waals surface area contributed by atoms with Gasteiger partial charge in [-0.25, -0.2) is 0 Å². The van der Waals surface area contributed by atoms with Gasteiger partial charge in [0, 0.05) is 5.41 Å². The van der Waals surface area contributed by atoms with Crippen molar-refractivity contribution >= 4 is 5.71 Å². The molecule has 2 nitrogen and oxygen atoms in total. The van der Waals surface area contributed by atoms with Crippen molar-refractivity contribution in [2.75, 3.05) is 0 Å². The highest BCUT2D eigenvalue weighted by atomic mass is 16.6. The Morgan fingerprint density at radius 1 is 1.55 bits per heavy atom. The van der Waals surface area contributed by atoms with Crippen molar-refractivity contribution in [2.45, 2.75) is 46.6 Å². The second kappa shape index (κ2) is 2.84. The number of nitrogens with zero attached hydrogens (tertiary/aromatic N) is 1. The fourth-order valence-electron chi connectivity index (χ4n) is 1.60. The van der Waals surface area contributed by atoms with E-state index in [1.165, 1.54) is 0 Å². The van der Waals surface area contributed by atoms with Crippen LogP contribution in [0.1, 0.15) is 40.5 Å². The third-order valence-corrected chi connectivity index (χ3v) is 2.96. The first-order valence-corrected chi connectivity index (χ1v) is 4.36. The molecular formula is C9H17NO. The first kappa shape index (κ1) is 8.57. The molecule has 0 saturated carbocycles. The molecule has 1 rings (SSSR count). The van der Waals surface area contributed by atoms with Crippen LogP contribution in [0.3, 0.4) is 0 Å². The molecule has 0 aliphatic carbocycles. The maximum absolute atomic E-state index is 5.31. The summed E-state index contributed by atoms with van der Waals surface area (Å²) < 4.78 is 0. The lowest BCUT2D eigenvalue weighted by Crippen LogP contribution is -2.33. The summed E-state index contributed by atoms with van der Waals surface area (Å²) in [7, 11) is 0. The fourth-order valence-corrected chi connectivity index (χ4v) is 1.60. The molecule has 1 aliphatic heterocycles. The highest BCUT2D eigenvalue weighted by Gasteiger charge is 2.40. The zero-order chi connectivity index (χ0) is 8.48. The lowest BCUT2D eigenvalue weighted by molar-refractivity contribution is 0.0264. The number of oxime groups is 1. The van der Waals surface area contributed by atoms with Gasteiger partial charge in [-0.3, -0.25) is 0 Å². The molecule has 0 saturated heterocycles. The van der Waals surface area contributed by atoms with Crippen molar-refractivity contribution in [2.24, 2.45) is 10.6 Å². The van der Waals surface area contributed by atoms with Gasteiger partial charge in [0.05, 0.1) is 5.71 Å². The minimum Gasteiger partial charge on any atom is -0.392 e. The zero-order valence-electron chi connectivity index (χ0n) is 7.85.